The first kappa shape index (κ1) is 13.7. The van der Waals surface area contributed by atoms with Gasteiger partial charge in [0.15, 0.2) is 0 Å². The minimum atomic E-state index is 0.304. The zero-order valence-electron chi connectivity index (χ0n) is 10.2. The Balaban J connectivity index is 3.53. The van der Waals surface area contributed by atoms with Gasteiger partial charge in [-0.25, -0.2) is 0 Å². The first-order chi connectivity index (χ1) is 6.54. The Morgan fingerprint density at radius 2 is 1.93 bits per heavy atom. The van der Waals surface area contributed by atoms with E-state index in [1.807, 2.05) is 6.08 Å². The molecule has 0 rings (SSSR count). The first-order valence-electron chi connectivity index (χ1n) is 5.91. The standard InChI is InChI=1S/C13H27N/c1-5-7-8-9-10-11-12(14)13(3,4)6-2/h5,12H,1,6-11,14H2,2-4H3. The molecule has 1 heteroatoms. The summed E-state index contributed by atoms with van der Waals surface area (Å²) >= 11 is 0. The Morgan fingerprint density at radius 3 is 2.43 bits per heavy atom. The van der Waals surface area contributed by atoms with Gasteiger partial charge in [0.1, 0.15) is 0 Å². The zero-order chi connectivity index (χ0) is 11.0. The van der Waals surface area contributed by atoms with Gasteiger partial charge in [0.25, 0.3) is 0 Å². The molecule has 0 aromatic rings. The highest BCUT2D eigenvalue weighted by atomic mass is 14.7. The van der Waals surface area contributed by atoms with E-state index in [1.54, 1.807) is 0 Å². The summed E-state index contributed by atoms with van der Waals surface area (Å²) < 4.78 is 0. The van der Waals surface area contributed by atoms with E-state index in [0.29, 0.717) is 11.5 Å². The van der Waals surface area contributed by atoms with Crippen LogP contribution in [0, 0.1) is 5.41 Å². The molecule has 0 aliphatic heterocycles. The summed E-state index contributed by atoms with van der Waals surface area (Å²) in [4.78, 5) is 0. The molecule has 0 heterocycles. The smallest absolute Gasteiger partial charge is 0.00901 e. The van der Waals surface area contributed by atoms with Crippen LogP contribution in [0.25, 0.3) is 0 Å². The van der Waals surface area contributed by atoms with Gasteiger partial charge in [0.05, 0.1) is 0 Å². The quantitative estimate of drug-likeness (QED) is 0.464. The fraction of sp³-hybridized carbons (Fsp3) is 0.846. The summed E-state index contributed by atoms with van der Waals surface area (Å²) in [6, 6.07) is 0.358. The number of nitrogens with two attached hydrogens (primary N) is 1. The van der Waals surface area contributed by atoms with Crippen molar-refractivity contribution in [2.24, 2.45) is 11.1 Å². The minimum Gasteiger partial charge on any atom is -0.327 e. The predicted octanol–water partition coefficient (Wildman–Crippen LogP) is 3.89. The number of allylic oxidation sites excluding steroid dienone is 1. The Kier molecular flexibility index (Phi) is 6.90. The topological polar surface area (TPSA) is 26.0 Å². The molecule has 2 N–H and O–H groups in total. The van der Waals surface area contributed by atoms with Gasteiger partial charge in [-0.15, -0.1) is 6.58 Å². The molecule has 0 fully saturated rings. The van der Waals surface area contributed by atoms with Crippen molar-refractivity contribution in [2.45, 2.75) is 65.3 Å². The zero-order valence-corrected chi connectivity index (χ0v) is 10.2. The normalized spacial score (nSPS) is 14.0. The molecule has 1 atom stereocenters. The summed E-state index contributed by atoms with van der Waals surface area (Å²) in [6.07, 6.45) is 9.29. The van der Waals surface area contributed by atoms with E-state index >= 15 is 0 Å². The van der Waals surface area contributed by atoms with Crippen LogP contribution in [0.3, 0.4) is 0 Å². The highest BCUT2D eigenvalue weighted by Crippen LogP contribution is 2.26. The van der Waals surface area contributed by atoms with E-state index in [4.69, 9.17) is 5.73 Å². The summed E-state index contributed by atoms with van der Waals surface area (Å²) in [6.45, 7) is 10.5. The number of hydrogen-bond donors (Lipinski definition) is 1. The molecule has 14 heavy (non-hydrogen) atoms. The van der Waals surface area contributed by atoms with Crippen molar-refractivity contribution in [3.63, 3.8) is 0 Å². The monoisotopic (exact) mass is 197 g/mol. The van der Waals surface area contributed by atoms with Crippen LogP contribution < -0.4 is 5.73 Å². The maximum absolute atomic E-state index is 6.16. The molecule has 0 saturated carbocycles. The molecule has 1 unspecified atom stereocenters. The lowest BCUT2D eigenvalue weighted by Crippen LogP contribution is -2.36. The van der Waals surface area contributed by atoms with Crippen molar-refractivity contribution >= 4 is 0 Å². The molecule has 1 nitrogen and oxygen atoms in total. The maximum atomic E-state index is 6.16. The van der Waals surface area contributed by atoms with Gasteiger partial charge in [-0.2, -0.15) is 0 Å². The highest BCUT2D eigenvalue weighted by molar-refractivity contribution is 4.79. The van der Waals surface area contributed by atoms with Gasteiger partial charge < -0.3 is 5.73 Å². The molecule has 0 aromatic carbocycles. The largest absolute Gasteiger partial charge is 0.327 e. The Hall–Kier alpha value is -0.300. The van der Waals surface area contributed by atoms with Crippen molar-refractivity contribution in [3.8, 4) is 0 Å². The molecule has 0 aromatic heterocycles. The molecule has 84 valence electrons. The average Bonchev–Trinajstić information content (AvgIpc) is 2.17. The molecule has 0 aliphatic rings. The van der Waals surface area contributed by atoms with Crippen molar-refractivity contribution in [3.05, 3.63) is 12.7 Å². The average molecular weight is 197 g/mol. The van der Waals surface area contributed by atoms with E-state index in [2.05, 4.69) is 27.4 Å². The molecule has 0 amide bonds. The van der Waals surface area contributed by atoms with Gasteiger partial charge in [0.2, 0.25) is 0 Å². The third-order valence-electron chi connectivity index (χ3n) is 3.34. The van der Waals surface area contributed by atoms with Crippen LogP contribution in [0.1, 0.15) is 59.3 Å². The molecule has 0 saturated heterocycles. The SMILES string of the molecule is C=CCCCCCC(N)C(C)(C)CC. The summed E-state index contributed by atoms with van der Waals surface area (Å²) in [5.74, 6) is 0. The summed E-state index contributed by atoms with van der Waals surface area (Å²) in [5, 5.41) is 0. The first-order valence-corrected chi connectivity index (χ1v) is 5.91. The van der Waals surface area contributed by atoms with Gasteiger partial charge >= 0.3 is 0 Å². The summed E-state index contributed by atoms with van der Waals surface area (Å²) in [5.41, 5.74) is 6.46. The van der Waals surface area contributed by atoms with Crippen LogP contribution in [0.2, 0.25) is 0 Å². The van der Waals surface area contributed by atoms with Crippen LogP contribution in [0.15, 0.2) is 12.7 Å². The lowest BCUT2D eigenvalue weighted by molar-refractivity contribution is 0.257. The lowest BCUT2D eigenvalue weighted by atomic mass is 9.80. The van der Waals surface area contributed by atoms with Crippen LogP contribution in [-0.2, 0) is 0 Å². The second kappa shape index (κ2) is 7.05. The third-order valence-corrected chi connectivity index (χ3v) is 3.34. The van der Waals surface area contributed by atoms with E-state index in [-0.39, 0.29) is 0 Å². The Bertz CT molecular complexity index is 149. The van der Waals surface area contributed by atoms with Crippen LogP contribution in [-0.4, -0.2) is 6.04 Å². The van der Waals surface area contributed by atoms with Gasteiger partial charge in [-0.3, -0.25) is 0 Å². The lowest BCUT2D eigenvalue weighted by Gasteiger charge is -2.30. The molecular weight excluding hydrogens is 170 g/mol. The van der Waals surface area contributed by atoms with Gasteiger partial charge in [-0.1, -0.05) is 39.7 Å². The van der Waals surface area contributed by atoms with Crippen LogP contribution >= 0.6 is 0 Å². The number of rotatable bonds is 8. The second-order valence-electron chi connectivity index (χ2n) is 4.88. The molecule has 0 radical (unpaired) electrons. The van der Waals surface area contributed by atoms with Crippen LogP contribution in [0.4, 0.5) is 0 Å². The Morgan fingerprint density at radius 1 is 1.29 bits per heavy atom. The van der Waals surface area contributed by atoms with Crippen molar-refractivity contribution in [1.29, 1.82) is 0 Å². The maximum Gasteiger partial charge on any atom is 0.00901 e. The van der Waals surface area contributed by atoms with E-state index < -0.39 is 0 Å². The molecule has 0 spiro atoms. The van der Waals surface area contributed by atoms with Gasteiger partial charge in [-0.05, 0) is 31.1 Å². The van der Waals surface area contributed by atoms with Crippen molar-refractivity contribution < 1.29 is 0 Å². The van der Waals surface area contributed by atoms with Crippen LogP contribution in [0.5, 0.6) is 0 Å². The fourth-order valence-corrected chi connectivity index (χ4v) is 1.48. The third kappa shape index (κ3) is 5.43. The predicted molar refractivity (Wildman–Crippen MR) is 65.3 cm³/mol. The molecule has 0 bridgehead atoms. The van der Waals surface area contributed by atoms with Crippen molar-refractivity contribution in [1.82, 2.24) is 0 Å². The second-order valence-corrected chi connectivity index (χ2v) is 4.88. The van der Waals surface area contributed by atoms with Gasteiger partial charge in [0, 0.05) is 6.04 Å². The number of hydrogen-bond acceptors (Lipinski definition) is 1. The van der Waals surface area contributed by atoms with E-state index in [9.17, 15) is 0 Å². The molecule has 0 aliphatic carbocycles. The summed E-state index contributed by atoms with van der Waals surface area (Å²) in [7, 11) is 0. The Labute approximate surface area is 89.8 Å². The van der Waals surface area contributed by atoms with E-state index in [1.165, 1.54) is 25.7 Å². The highest BCUT2D eigenvalue weighted by Gasteiger charge is 2.23. The molecular formula is C13H27N. The van der Waals surface area contributed by atoms with Crippen molar-refractivity contribution in [2.75, 3.05) is 0 Å². The minimum absolute atomic E-state index is 0.304. The fourth-order valence-electron chi connectivity index (χ4n) is 1.48. The van der Waals surface area contributed by atoms with E-state index in [0.717, 1.165) is 12.8 Å². The number of unbranched alkanes of at least 4 members (excludes halogenated alkanes) is 3.